The largest absolute Gasteiger partial charge is 0.356 e. The second kappa shape index (κ2) is 9.95. The molecule has 1 aliphatic heterocycles. The van der Waals surface area contributed by atoms with E-state index in [-0.39, 0.29) is 0 Å². The van der Waals surface area contributed by atoms with Gasteiger partial charge in [0.2, 0.25) is 0 Å². The molecule has 1 aromatic rings. The van der Waals surface area contributed by atoms with Gasteiger partial charge in [-0.05, 0) is 65.5 Å². The van der Waals surface area contributed by atoms with Crippen molar-refractivity contribution in [1.29, 1.82) is 0 Å². The normalized spacial score (nSPS) is 20.2. The summed E-state index contributed by atoms with van der Waals surface area (Å²) in [6.07, 6.45) is 6.20. The van der Waals surface area contributed by atoms with Gasteiger partial charge < -0.3 is 15.5 Å². The lowest BCUT2D eigenvalue weighted by molar-refractivity contribution is 0.159. The predicted octanol–water partition coefficient (Wildman–Crippen LogP) is 2.40. The first-order valence-corrected chi connectivity index (χ1v) is 10.1. The van der Waals surface area contributed by atoms with Crippen LogP contribution in [0.4, 0.5) is 0 Å². The first-order valence-electron chi connectivity index (χ1n) is 10.1. The highest BCUT2D eigenvalue weighted by atomic mass is 15.3. The van der Waals surface area contributed by atoms with Crippen LogP contribution in [0.1, 0.15) is 56.5 Å². The number of aromatic nitrogens is 2. The Bertz CT molecular complexity index is 591. The summed E-state index contributed by atoms with van der Waals surface area (Å²) in [6.45, 7) is 12.2. The molecule has 0 aromatic carbocycles. The number of guanidine groups is 1. The zero-order valence-corrected chi connectivity index (χ0v) is 17.6. The second-order valence-corrected chi connectivity index (χ2v) is 7.76. The standard InChI is InChI=1S/C20H38N6/c1-15(14-19-17(3)24-25(6)18(19)4)23-20(21-5)22-11-9-13-26-12-8-7-10-16(26)2/h15-16H,7-14H2,1-6H3,(H2,21,22,23). The number of piperidine rings is 1. The number of likely N-dealkylation sites (tertiary alicyclic amines) is 1. The van der Waals surface area contributed by atoms with E-state index in [4.69, 9.17) is 0 Å². The van der Waals surface area contributed by atoms with Crippen molar-refractivity contribution in [2.45, 2.75) is 71.9 Å². The highest BCUT2D eigenvalue weighted by molar-refractivity contribution is 5.79. The fraction of sp³-hybridized carbons (Fsp3) is 0.800. The Hall–Kier alpha value is -1.56. The molecule has 26 heavy (non-hydrogen) atoms. The Morgan fingerprint density at radius 2 is 2.12 bits per heavy atom. The Labute approximate surface area is 159 Å². The molecule has 0 spiro atoms. The highest BCUT2D eigenvalue weighted by Gasteiger charge is 2.17. The van der Waals surface area contributed by atoms with Crippen molar-refractivity contribution >= 4 is 5.96 Å². The van der Waals surface area contributed by atoms with E-state index in [1.807, 2.05) is 18.8 Å². The van der Waals surface area contributed by atoms with E-state index in [9.17, 15) is 0 Å². The molecule has 2 rings (SSSR count). The molecule has 6 nitrogen and oxygen atoms in total. The Balaban J connectivity index is 1.73. The number of rotatable bonds is 7. The van der Waals surface area contributed by atoms with E-state index in [0.717, 1.165) is 37.1 Å². The van der Waals surface area contributed by atoms with Gasteiger partial charge in [0, 0.05) is 45.0 Å². The van der Waals surface area contributed by atoms with Gasteiger partial charge in [0.15, 0.2) is 5.96 Å². The molecule has 2 N–H and O–H groups in total. The summed E-state index contributed by atoms with van der Waals surface area (Å²) in [4.78, 5) is 7.00. The molecular formula is C20H38N6. The lowest BCUT2D eigenvalue weighted by atomic mass is 10.0. The van der Waals surface area contributed by atoms with Crippen LogP contribution in [-0.4, -0.2) is 59.4 Å². The van der Waals surface area contributed by atoms with E-state index in [2.05, 4.69) is 53.3 Å². The van der Waals surface area contributed by atoms with Crippen LogP contribution in [0.5, 0.6) is 0 Å². The minimum Gasteiger partial charge on any atom is -0.356 e. The Kier molecular flexibility index (Phi) is 7.94. The van der Waals surface area contributed by atoms with E-state index in [1.165, 1.54) is 43.6 Å². The Morgan fingerprint density at radius 3 is 2.73 bits per heavy atom. The summed E-state index contributed by atoms with van der Waals surface area (Å²) in [7, 11) is 3.85. The summed E-state index contributed by atoms with van der Waals surface area (Å²) >= 11 is 0. The molecule has 0 bridgehead atoms. The number of nitrogens with zero attached hydrogens (tertiary/aromatic N) is 4. The van der Waals surface area contributed by atoms with Crippen LogP contribution in [-0.2, 0) is 13.5 Å². The van der Waals surface area contributed by atoms with Crippen molar-refractivity contribution in [3.63, 3.8) is 0 Å². The van der Waals surface area contributed by atoms with E-state index in [1.54, 1.807) is 0 Å². The molecule has 0 aliphatic carbocycles. The van der Waals surface area contributed by atoms with Crippen molar-refractivity contribution in [2.24, 2.45) is 12.0 Å². The molecule has 2 unspecified atom stereocenters. The molecule has 0 saturated carbocycles. The molecule has 2 heterocycles. The van der Waals surface area contributed by atoms with Gasteiger partial charge in [-0.1, -0.05) is 6.42 Å². The van der Waals surface area contributed by atoms with Crippen LogP contribution in [0.3, 0.4) is 0 Å². The molecular weight excluding hydrogens is 324 g/mol. The molecule has 1 aromatic heterocycles. The van der Waals surface area contributed by atoms with Crippen LogP contribution in [0, 0.1) is 13.8 Å². The molecule has 1 fully saturated rings. The van der Waals surface area contributed by atoms with Gasteiger partial charge in [0.1, 0.15) is 0 Å². The highest BCUT2D eigenvalue weighted by Crippen LogP contribution is 2.16. The van der Waals surface area contributed by atoms with Gasteiger partial charge in [-0.3, -0.25) is 9.67 Å². The van der Waals surface area contributed by atoms with Gasteiger partial charge >= 0.3 is 0 Å². The summed E-state index contributed by atoms with van der Waals surface area (Å²) < 4.78 is 1.96. The smallest absolute Gasteiger partial charge is 0.191 e. The molecule has 1 aliphatic rings. The first kappa shape index (κ1) is 20.7. The van der Waals surface area contributed by atoms with Crippen molar-refractivity contribution < 1.29 is 0 Å². The molecule has 148 valence electrons. The topological polar surface area (TPSA) is 57.5 Å². The lowest BCUT2D eigenvalue weighted by Crippen LogP contribution is -2.44. The van der Waals surface area contributed by atoms with Crippen LogP contribution in [0.25, 0.3) is 0 Å². The summed E-state index contributed by atoms with van der Waals surface area (Å²) in [5.41, 5.74) is 3.70. The van der Waals surface area contributed by atoms with E-state index in [0.29, 0.717) is 6.04 Å². The number of hydrogen-bond donors (Lipinski definition) is 2. The molecule has 2 atom stereocenters. The zero-order valence-electron chi connectivity index (χ0n) is 17.6. The van der Waals surface area contributed by atoms with Gasteiger partial charge in [-0.25, -0.2) is 0 Å². The molecule has 6 heteroatoms. The van der Waals surface area contributed by atoms with Crippen LogP contribution in [0.15, 0.2) is 4.99 Å². The van der Waals surface area contributed by atoms with Gasteiger partial charge in [-0.15, -0.1) is 0 Å². The fourth-order valence-electron chi connectivity index (χ4n) is 3.88. The van der Waals surface area contributed by atoms with Gasteiger partial charge in [0.25, 0.3) is 0 Å². The third-order valence-electron chi connectivity index (χ3n) is 5.63. The van der Waals surface area contributed by atoms with Gasteiger partial charge in [0.05, 0.1) is 5.69 Å². The monoisotopic (exact) mass is 362 g/mol. The fourth-order valence-corrected chi connectivity index (χ4v) is 3.88. The number of aryl methyl sites for hydroxylation is 2. The quantitative estimate of drug-likeness (QED) is 0.444. The maximum atomic E-state index is 4.51. The van der Waals surface area contributed by atoms with Gasteiger partial charge in [-0.2, -0.15) is 5.10 Å². The lowest BCUT2D eigenvalue weighted by Gasteiger charge is -2.33. The molecule has 0 amide bonds. The maximum Gasteiger partial charge on any atom is 0.191 e. The number of nitrogens with one attached hydrogen (secondary N) is 2. The van der Waals surface area contributed by atoms with Crippen molar-refractivity contribution in [3.05, 3.63) is 17.0 Å². The number of hydrogen-bond acceptors (Lipinski definition) is 3. The third-order valence-corrected chi connectivity index (χ3v) is 5.63. The van der Waals surface area contributed by atoms with Crippen molar-refractivity contribution in [3.8, 4) is 0 Å². The average Bonchev–Trinajstić information content (AvgIpc) is 2.85. The van der Waals surface area contributed by atoms with E-state index >= 15 is 0 Å². The summed E-state index contributed by atoms with van der Waals surface area (Å²) in [5, 5.41) is 11.5. The zero-order chi connectivity index (χ0) is 19.1. The minimum atomic E-state index is 0.310. The predicted molar refractivity (Wildman–Crippen MR) is 110 cm³/mol. The summed E-state index contributed by atoms with van der Waals surface area (Å²) in [5.74, 6) is 0.892. The minimum absolute atomic E-state index is 0.310. The van der Waals surface area contributed by atoms with Crippen molar-refractivity contribution in [1.82, 2.24) is 25.3 Å². The van der Waals surface area contributed by atoms with E-state index < -0.39 is 0 Å². The average molecular weight is 363 g/mol. The second-order valence-electron chi connectivity index (χ2n) is 7.76. The molecule has 0 radical (unpaired) electrons. The SMILES string of the molecule is CN=C(NCCCN1CCCCC1C)NC(C)Cc1c(C)nn(C)c1C. The first-order chi connectivity index (χ1) is 12.4. The number of aliphatic imine (C=N–C) groups is 1. The maximum absolute atomic E-state index is 4.51. The van der Waals surface area contributed by atoms with Crippen LogP contribution in [0.2, 0.25) is 0 Å². The van der Waals surface area contributed by atoms with Crippen molar-refractivity contribution in [2.75, 3.05) is 26.7 Å². The molecule has 1 saturated heterocycles. The third kappa shape index (κ3) is 5.73. The van der Waals surface area contributed by atoms with Crippen LogP contribution >= 0.6 is 0 Å². The Morgan fingerprint density at radius 1 is 1.35 bits per heavy atom. The van der Waals surface area contributed by atoms with Crippen LogP contribution < -0.4 is 10.6 Å². The summed E-state index contributed by atoms with van der Waals surface area (Å²) in [6, 6.07) is 1.05.